The third-order valence-corrected chi connectivity index (χ3v) is 4.59. The monoisotopic (exact) mass is 329 g/mol. The summed E-state index contributed by atoms with van der Waals surface area (Å²) < 4.78 is 0. The van der Waals surface area contributed by atoms with Gasteiger partial charge in [0, 0.05) is 43.2 Å². The van der Waals surface area contributed by atoms with Crippen molar-refractivity contribution < 1.29 is 19.2 Å². The van der Waals surface area contributed by atoms with Crippen LogP contribution in [-0.4, -0.2) is 46.5 Å². The topological polar surface area (TPSA) is 86.8 Å². The quantitative estimate of drug-likeness (QED) is 0.843. The van der Waals surface area contributed by atoms with Crippen molar-refractivity contribution >= 4 is 29.3 Å². The molecule has 1 N–H and O–H groups in total. The Hall–Kier alpha value is -2.70. The van der Waals surface area contributed by atoms with Crippen molar-refractivity contribution in [2.75, 3.05) is 12.4 Å². The number of nitrogens with zero attached hydrogens (tertiary/aromatic N) is 2. The van der Waals surface area contributed by atoms with Crippen LogP contribution in [0.15, 0.2) is 18.2 Å². The fourth-order valence-electron chi connectivity index (χ4n) is 3.15. The van der Waals surface area contributed by atoms with Crippen LogP contribution >= 0.6 is 0 Å². The number of hydrogen-bond donors (Lipinski definition) is 1. The second kappa shape index (κ2) is 6.07. The Morgan fingerprint density at radius 2 is 2.04 bits per heavy atom. The number of rotatable bonds is 3. The number of piperidine rings is 1. The molecule has 7 nitrogen and oxygen atoms in total. The first-order valence-electron chi connectivity index (χ1n) is 7.97. The number of fused-ring (bicyclic) bond motifs is 1. The summed E-state index contributed by atoms with van der Waals surface area (Å²) in [6.07, 6.45) is 0.917. The first-order chi connectivity index (χ1) is 11.4. The highest BCUT2D eigenvalue weighted by atomic mass is 16.2. The molecule has 0 spiro atoms. The predicted octanol–water partition coefficient (Wildman–Crippen LogP) is 1.14. The maximum absolute atomic E-state index is 12.7. The van der Waals surface area contributed by atoms with Crippen LogP contribution in [0.5, 0.6) is 0 Å². The van der Waals surface area contributed by atoms with Crippen LogP contribution in [0, 0.1) is 0 Å². The minimum Gasteiger partial charge on any atom is -0.326 e. The van der Waals surface area contributed by atoms with E-state index in [0.29, 0.717) is 24.1 Å². The lowest BCUT2D eigenvalue weighted by Gasteiger charge is -2.33. The molecule has 1 aromatic rings. The van der Waals surface area contributed by atoms with Crippen molar-refractivity contribution in [1.29, 1.82) is 0 Å². The van der Waals surface area contributed by atoms with Gasteiger partial charge in [0.15, 0.2) is 0 Å². The van der Waals surface area contributed by atoms with Gasteiger partial charge in [0.25, 0.3) is 11.8 Å². The number of carbonyl (C=O) groups excluding carboxylic acids is 4. The number of anilines is 1. The zero-order valence-electron chi connectivity index (χ0n) is 13.7. The normalized spacial score (nSPS) is 20.4. The Balaban J connectivity index is 1.88. The van der Waals surface area contributed by atoms with E-state index in [-0.39, 0.29) is 36.6 Å². The molecule has 0 aliphatic carbocycles. The molecule has 1 fully saturated rings. The molecule has 1 aromatic carbocycles. The molecule has 1 saturated heterocycles. The largest absolute Gasteiger partial charge is 0.326 e. The van der Waals surface area contributed by atoms with E-state index in [1.807, 2.05) is 0 Å². The minimum atomic E-state index is -0.637. The van der Waals surface area contributed by atoms with Gasteiger partial charge >= 0.3 is 0 Å². The highest BCUT2D eigenvalue weighted by molar-refractivity contribution is 6.06. The van der Waals surface area contributed by atoms with Gasteiger partial charge in [-0.25, -0.2) is 0 Å². The fourth-order valence-corrected chi connectivity index (χ4v) is 3.15. The second-order valence-electron chi connectivity index (χ2n) is 6.01. The smallest absolute Gasteiger partial charge is 0.255 e. The molecule has 126 valence electrons. The van der Waals surface area contributed by atoms with Crippen molar-refractivity contribution in [3.63, 3.8) is 0 Å². The standard InChI is InChI=1S/C17H19N3O4/c1-3-14(21)18-12-6-4-5-10-11(12)9-20(16(10)23)13-7-8-15(22)19(2)17(13)24/h4-6,13H,3,7-9H2,1-2H3,(H,18,21). The average molecular weight is 329 g/mol. The molecule has 0 radical (unpaired) electrons. The first kappa shape index (κ1) is 16.2. The molecule has 0 bridgehead atoms. The van der Waals surface area contributed by atoms with Gasteiger partial charge in [-0.3, -0.25) is 24.1 Å². The zero-order valence-corrected chi connectivity index (χ0v) is 13.7. The van der Waals surface area contributed by atoms with Crippen LogP contribution in [0.1, 0.15) is 42.1 Å². The molecule has 3 rings (SSSR count). The van der Waals surface area contributed by atoms with Crippen molar-refractivity contribution in [3.05, 3.63) is 29.3 Å². The lowest BCUT2D eigenvalue weighted by atomic mass is 10.0. The summed E-state index contributed by atoms with van der Waals surface area (Å²) in [7, 11) is 1.44. The maximum Gasteiger partial charge on any atom is 0.255 e. The van der Waals surface area contributed by atoms with Crippen LogP contribution in [0.2, 0.25) is 0 Å². The summed E-state index contributed by atoms with van der Waals surface area (Å²) in [5.41, 5.74) is 1.82. The molecule has 2 aliphatic rings. The van der Waals surface area contributed by atoms with E-state index in [1.54, 1.807) is 25.1 Å². The third kappa shape index (κ3) is 2.55. The second-order valence-corrected chi connectivity index (χ2v) is 6.01. The van der Waals surface area contributed by atoms with Crippen molar-refractivity contribution in [1.82, 2.24) is 9.80 Å². The minimum absolute atomic E-state index is 0.131. The van der Waals surface area contributed by atoms with E-state index in [9.17, 15) is 19.2 Å². The van der Waals surface area contributed by atoms with Crippen LogP contribution < -0.4 is 5.32 Å². The Labute approximate surface area is 139 Å². The van der Waals surface area contributed by atoms with Crippen molar-refractivity contribution in [2.24, 2.45) is 0 Å². The lowest BCUT2D eigenvalue weighted by Crippen LogP contribution is -2.53. The zero-order chi connectivity index (χ0) is 17.4. The number of likely N-dealkylation sites (tertiary alicyclic amines) is 1. The van der Waals surface area contributed by atoms with Gasteiger partial charge in [0.2, 0.25) is 11.8 Å². The van der Waals surface area contributed by atoms with E-state index >= 15 is 0 Å². The van der Waals surface area contributed by atoms with E-state index in [4.69, 9.17) is 0 Å². The van der Waals surface area contributed by atoms with Gasteiger partial charge in [-0.05, 0) is 18.6 Å². The molecule has 0 aromatic heterocycles. The molecule has 2 heterocycles. The first-order valence-corrected chi connectivity index (χ1v) is 7.97. The number of nitrogens with one attached hydrogen (secondary N) is 1. The number of hydrogen-bond acceptors (Lipinski definition) is 4. The molecular formula is C17H19N3O4. The Morgan fingerprint density at radius 1 is 1.29 bits per heavy atom. The number of carbonyl (C=O) groups is 4. The third-order valence-electron chi connectivity index (χ3n) is 4.59. The number of benzene rings is 1. The molecule has 1 unspecified atom stereocenters. The summed E-state index contributed by atoms with van der Waals surface area (Å²) in [6.45, 7) is 2.01. The predicted molar refractivity (Wildman–Crippen MR) is 86.0 cm³/mol. The number of likely N-dealkylation sites (N-methyl/N-ethyl adjacent to an activating group) is 1. The molecular weight excluding hydrogens is 310 g/mol. The molecule has 1 atom stereocenters. The molecule has 7 heteroatoms. The molecule has 4 amide bonds. The SMILES string of the molecule is CCC(=O)Nc1cccc2c1CN(C1CCC(=O)N(C)C1=O)C2=O. The Bertz CT molecular complexity index is 743. The van der Waals surface area contributed by atoms with Gasteiger partial charge in [0.05, 0.1) is 0 Å². The van der Waals surface area contributed by atoms with E-state index in [0.717, 1.165) is 10.5 Å². The number of imide groups is 1. The highest BCUT2D eigenvalue weighted by Crippen LogP contribution is 2.33. The van der Waals surface area contributed by atoms with Crippen molar-refractivity contribution in [2.45, 2.75) is 38.8 Å². The molecule has 2 aliphatic heterocycles. The van der Waals surface area contributed by atoms with Crippen LogP contribution in [0.4, 0.5) is 5.69 Å². The van der Waals surface area contributed by atoms with Gasteiger partial charge in [-0.2, -0.15) is 0 Å². The summed E-state index contributed by atoms with van der Waals surface area (Å²) in [5.74, 6) is -0.949. The number of amides is 4. The summed E-state index contributed by atoms with van der Waals surface area (Å²) in [5, 5.41) is 2.80. The van der Waals surface area contributed by atoms with Gasteiger partial charge in [0.1, 0.15) is 6.04 Å². The molecule has 0 saturated carbocycles. The maximum atomic E-state index is 12.7. The lowest BCUT2D eigenvalue weighted by molar-refractivity contribution is -0.150. The van der Waals surface area contributed by atoms with E-state index in [1.165, 1.54) is 11.9 Å². The van der Waals surface area contributed by atoms with Crippen LogP contribution in [-0.2, 0) is 20.9 Å². The summed E-state index contributed by atoms with van der Waals surface area (Å²) in [4.78, 5) is 50.9. The van der Waals surface area contributed by atoms with E-state index < -0.39 is 6.04 Å². The van der Waals surface area contributed by atoms with Gasteiger partial charge in [-0.1, -0.05) is 13.0 Å². The summed E-state index contributed by atoms with van der Waals surface area (Å²) >= 11 is 0. The Morgan fingerprint density at radius 3 is 2.75 bits per heavy atom. The van der Waals surface area contributed by atoms with Gasteiger partial charge in [-0.15, -0.1) is 0 Å². The average Bonchev–Trinajstić information content (AvgIpc) is 2.91. The van der Waals surface area contributed by atoms with Crippen LogP contribution in [0.25, 0.3) is 0 Å². The fraction of sp³-hybridized carbons (Fsp3) is 0.412. The summed E-state index contributed by atoms with van der Waals surface area (Å²) in [6, 6.07) is 4.52. The Kier molecular flexibility index (Phi) is 4.09. The van der Waals surface area contributed by atoms with Crippen molar-refractivity contribution in [3.8, 4) is 0 Å². The molecule has 24 heavy (non-hydrogen) atoms. The highest BCUT2D eigenvalue weighted by Gasteiger charge is 2.42. The van der Waals surface area contributed by atoms with Crippen LogP contribution in [0.3, 0.4) is 0 Å². The van der Waals surface area contributed by atoms with Gasteiger partial charge < -0.3 is 10.2 Å². The van der Waals surface area contributed by atoms with E-state index in [2.05, 4.69) is 5.32 Å².